The van der Waals surface area contributed by atoms with E-state index in [0.29, 0.717) is 38.5 Å². The second-order valence-corrected chi connectivity index (χ2v) is 8.52. The summed E-state index contributed by atoms with van der Waals surface area (Å²) in [6.45, 7) is 3.18. The Balaban J connectivity index is 0.000000143. The van der Waals surface area contributed by atoms with Crippen LogP contribution in [-0.4, -0.2) is 33.6 Å². The maximum Gasteiger partial charge on any atom is 0.323 e. The molecule has 0 unspecified atom stereocenters. The van der Waals surface area contributed by atoms with Crippen LogP contribution in [0.15, 0.2) is 0 Å². The number of nitrogens with zero attached hydrogens (tertiary/aromatic N) is 2. The average molecular weight is 351 g/mol. The van der Waals surface area contributed by atoms with Gasteiger partial charge in [0.2, 0.25) is 11.0 Å². The zero-order valence-electron chi connectivity index (χ0n) is 13.7. The van der Waals surface area contributed by atoms with Crippen molar-refractivity contribution < 1.29 is 24.0 Å². The molecule has 0 radical (unpaired) electrons. The van der Waals surface area contributed by atoms with Gasteiger partial charge in [0.05, 0.1) is 0 Å². The normalized spacial score (nSPS) is 42.3. The number of hydrogen-bond acceptors (Lipinski definition) is 4. The summed E-state index contributed by atoms with van der Waals surface area (Å²) in [5.41, 5.74) is 7.23. The van der Waals surface area contributed by atoms with Crippen molar-refractivity contribution >= 4 is 40.4 Å². The molecule has 0 N–H and O–H groups in total. The molecule has 0 atom stereocenters. The van der Waals surface area contributed by atoms with Crippen molar-refractivity contribution in [3.05, 3.63) is 5.53 Å². The van der Waals surface area contributed by atoms with Gasteiger partial charge in [-0.3, -0.25) is 19.2 Å². The summed E-state index contributed by atoms with van der Waals surface area (Å²) in [7, 11) is 0. The maximum atomic E-state index is 11.3. The van der Waals surface area contributed by atoms with Crippen LogP contribution in [0.4, 0.5) is 0 Å². The predicted octanol–water partition coefficient (Wildman–Crippen LogP) is 2.13. The van der Waals surface area contributed by atoms with Gasteiger partial charge in [0.1, 0.15) is 11.6 Å². The highest BCUT2D eigenvalue weighted by molar-refractivity contribution is 6.65. The predicted molar refractivity (Wildman–Crippen MR) is 84.3 cm³/mol. The minimum absolute atomic E-state index is 0.134. The van der Waals surface area contributed by atoms with Gasteiger partial charge in [-0.25, -0.2) is 0 Å². The molecule has 6 saturated carbocycles. The Morgan fingerprint density at radius 2 is 1.21 bits per heavy atom. The Labute approximate surface area is 144 Å². The first-order chi connectivity index (χ1) is 11.1. The molecule has 24 heavy (non-hydrogen) atoms. The molecule has 0 aromatic rings. The third-order valence-corrected chi connectivity index (χ3v) is 7.07. The zero-order valence-corrected chi connectivity index (χ0v) is 14.5. The number of carbonyl (C=O) groups excluding carboxylic acids is 4. The quantitative estimate of drug-likeness (QED) is 0.327. The van der Waals surface area contributed by atoms with Crippen LogP contribution in [0.1, 0.15) is 52.4 Å². The van der Waals surface area contributed by atoms with Gasteiger partial charge in [-0.2, -0.15) is 4.79 Å². The SMILES string of the molecule is CC(=O)C12CC(C(=O)C=[N+]=[N-])(C1)C2.CC(=O)C12CC(C(=O)Cl)(C1)C2. The van der Waals surface area contributed by atoms with Crippen molar-refractivity contribution in [2.24, 2.45) is 21.7 Å². The summed E-state index contributed by atoms with van der Waals surface area (Å²) in [5, 5.41) is -0.249. The number of Topliss-reactive ketones (excluding diaryl/α,β-unsaturated/α-hetero) is 3. The lowest BCUT2D eigenvalue weighted by Gasteiger charge is -2.67. The lowest BCUT2D eigenvalue weighted by molar-refractivity contribution is -0.201. The third kappa shape index (κ3) is 2.02. The van der Waals surface area contributed by atoms with Gasteiger partial charge in [0, 0.05) is 21.7 Å². The second-order valence-electron chi connectivity index (χ2n) is 8.18. The number of halogens is 1. The molecule has 0 aromatic heterocycles. The fourth-order valence-electron chi connectivity index (χ4n) is 4.98. The van der Waals surface area contributed by atoms with E-state index in [-0.39, 0.29) is 44.3 Å². The van der Waals surface area contributed by atoms with Gasteiger partial charge in [-0.05, 0) is 64.0 Å². The highest BCUT2D eigenvalue weighted by Crippen LogP contribution is 2.74. The summed E-state index contributed by atoms with van der Waals surface area (Å²) >= 11 is 5.38. The molecule has 6 aliphatic carbocycles. The average Bonchev–Trinajstić information content (AvgIpc) is 2.19. The van der Waals surface area contributed by atoms with Crippen LogP contribution in [-0.2, 0) is 19.2 Å². The zero-order chi connectivity index (χ0) is 18.0. The topological polar surface area (TPSA) is 105 Å². The third-order valence-electron chi connectivity index (χ3n) is 6.67. The highest BCUT2D eigenvalue weighted by Gasteiger charge is 2.74. The molecule has 6 aliphatic rings. The van der Waals surface area contributed by atoms with Crippen molar-refractivity contribution in [1.82, 2.24) is 0 Å². The minimum atomic E-state index is -0.349. The van der Waals surface area contributed by atoms with E-state index in [1.165, 1.54) is 0 Å². The fourth-order valence-corrected chi connectivity index (χ4v) is 5.18. The summed E-state index contributed by atoms with van der Waals surface area (Å²) in [5.74, 6) is 0.263. The van der Waals surface area contributed by atoms with Gasteiger partial charge >= 0.3 is 6.21 Å². The van der Waals surface area contributed by atoms with Gasteiger partial charge < -0.3 is 5.53 Å². The Morgan fingerprint density at radius 1 is 0.833 bits per heavy atom. The largest absolute Gasteiger partial charge is 0.361 e. The van der Waals surface area contributed by atoms with Crippen molar-refractivity contribution in [2.45, 2.75) is 52.4 Å². The van der Waals surface area contributed by atoms with Crippen molar-refractivity contribution in [3.8, 4) is 0 Å². The molecule has 6 rings (SSSR count). The van der Waals surface area contributed by atoms with E-state index in [2.05, 4.69) is 4.79 Å². The first kappa shape index (κ1) is 17.2. The number of rotatable bonds is 5. The summed E-state index contributed by atoms with van der Waals surface area (Å²) in [6.07, 6.45) is 5.02. The molecule has 0 aliphatic heterocycles. The molecule has 4 bridgehead atoms. The first-order valence-electron chi connectivity index (χ1n) is 7.99. The number of hydrogen-bond donors (Lipinski definition) is 0. The van der Waals surface area contributed by atoms with Gasteiger partial charge in [-0.1, -0.05) is 0 Å². The molecule has 0 amide bonds. The van der Waals surface area contributed by atoms with E-state index in [0.717, 1.165) is 6.21 Å². The molecule has 0 aromatic carbocycles. The van der Waals surface area contributed by atoms with Crippen LogP contribution < -0.4 is 0 Å². The van der Waals surface area contributed by atoms with Crippen molar-refractivity contribution in [1.29, 1.82) is 0 Å². The van der Waals surface area contributed by atoms with Gasteiger partial charge in [0.25, 0.3) is 0 Å². The molecule has 0 saturated heterocycles. The van der Waals surface area contributed by atoms with Gasteiger partial charge in [-0.15, -0.1) is 0 Å². The Bertz CT molecular complexity index is 671. The van der Waals surface area contributed by atoms with Crippen LogP contribution in [0.5, 0.6) is 0 Å². The second kappa shape index (κ2) is 4.93. The minimum Gasteiger partial charge on any atom is -0.361 e. The molecular formula is C17H19ClN2O4. The first-order valence-corrected chi connectivity index (χ1v) is 8.37. The Morgan fingerprint density at radius 3 is 1.50 bits per heavy atom. The van der Waals surface area contributed by atoms with Crippen LogP contribution in [0.3, 0.4) is 0 Å². The van der Waals surface area contributed by atoms with E-state index >= 15 is 0 Å². The standard InChI is InChI=1S/C9H10N2O2.C8H9ClO2/c1-6(12)8-3-9(4-8,5-8)7(13)2-11-10;1-5(10)7-2-8(3-7,4-7)6(9)11/h2H,3-5H2,1H3;2-4H2,1H3. The number of carbonyl (C=O) groups is 4. The Hall–Kier alpha value is -1.65. The van der Waals surface area contributed by atoms with Crippen LogP contribution >= 0.6 is 11.6 Å². The molecule has 0 heterocycles. The van der Waals surface area contributed by atoms with Crippen LogP contribution in [0, 0.1) is 21.7 Å². The monoisotopic (exact) mass is 350 g/mol. The smallest absolute Gasteiger partial charge is 0.323 e. The summed E-state index contributed by atoms with van der Waals surface area (Å²) in [4.78, 5) is 47.0. The summed E-state index contributed by atoms with van der Waals surface area (Å²) < 4.78 is 0. The molecule has 6 fully saturated rings. The van der Waals surface area contributed by atoms with Crippen molar-refractivity contribution in [3.63, 3.8) is 0 Å². The maximum absolute atomic E-state index is 11.3. The van der Waals surface area contributed by atoms with E-state index in [1.54, 1.807) is 13.8 Å². The van der Waals surface area contributed by atoms with Gasteiger partial charge in [0.15, 0.2) is 0 Å². The van der Waals surface area contributed by atoms with Crippen LogP contribution in [0.2, 0.25) is 0 Å². The van der Waals surface area contributed by atoms with E-state index in [9.17, 15) is 19.2 Å². The summed E-state index contributed by atoms with van der Waals surface area (Å²) in [6, 6.07) is 0. The fraction of sp³-hybridized carbons (Fsp3) is 0.706. The molecule has 128 valence electrons. The molecule has 6 nitrogen and oxygen atoms in total. The number of ketones is 3. The van der Waals surface area contributed by atoms with E-state index in [1.807, 2.05) is 0 Å². The lowest BCUT2D eigenvalue weighted by atomic mass is 9.33. The van der Waals surface area contributed by atoms with E-state index in [4.69, 9.17) is 17.1 Å². The van der Waals surface area contributed by atoms with Crippen molar-refractivity contribution in [2.75, 3.05) is 0 Å². The van der Waals surface area contributed by atoms with E-state index < -0.39 is 0 Å². The lowest BCUT2D eigenvalue weighted by Crippen LogP contribution is -2.68. The Kier molecular flexibility index (Phi) is 3.53. The molecule has 0 spiro atoms. The highest BCUT2D eigenvalue weighted by atomic mass is 35.5. The molecular weight excluding hydrogens is 332 g/mol. The molecule has 7 heteroatoms. The van der Waals surface area contributed by atoms with Crippen LogP contribution in [0.25, 0.3) is 5.53 Å².